The monoisotopic (exact) mass is 440 g/mol. The maximum Gasteiger partial charge on any atom is 0.355 e. The number of likely N-dealkylation sites (tertiary alicyclic amines) is 1. The van der Waals surface area contributed by atoms with Crippen molar-refractivity contribution in [2.45, 2.75) is 53.0 Å². The number of carbonyl (C=O) groups is 3. The van der Waals surface area contributed by atoms with Gasteiger partial charge in [-0.25, -0.2) is 4.79 Å². The molecule has 8 heteroatoms. The van der Waals surface area contributed by atoms with E-state index in [-0.39, 0.29) is 23.7 Å². The summed E-state index contributed by atoms with van der Waals surface area (Å²) in [5, 5.41) is 2.97. The predicted molar refractivity (Wildman–Crippen MR) is 120 cm³/mol. The van der Waals surface area contributed by atoms with E-state index in [1.54, 1.807) is 19.3 Å². The Labute approximate surface area is 188 Å². The highest BCUT2D eigenvalue weighted by Crippen LogP contribution is 2.22. The second-order valence-electron chi connectivity index (χ2n) is 8.18. The van der Waals surface area contributed by atoms with Gasteiger partial charge in [-0.1, -0.05) is 6.07 Å². The molecule has 0 spiro atoms. The highest BCUT2D eigenvalue weighted by molar-refractivity contribution is 5.90. The molecule has 1 fully saturated rings. The lowest BCUT2D eigenvalue weighted by atomic mass is 9.95. The molecule has 1 saturated heterocycles. The molecule has 2 aromatic heterocycles. The molecular formula is C24H32N4O4. The van der Waals surface area contributed by atoms with Gasteiger partial charge in [-0.15, -0.1) is 0 Å². The first-order valence-electron chi connectivity index (χ1n) is 11.2. The summed E-state index contributed by atoms with van der Waals surface area (Å²) in [4.78, 5) is 46.3. The first kappa shape index (κ1) is 23.5. The number of nitrogens with one attached hydrogen (secondary N) is 2. The molecule has 8 nitrogen and oxygen atoms in total. The quantitative estimate of drug-likeness (QED) is 0.614. The molecule has 0 aliphatic carbocycles. The van der Waals surface area contributed by atoms with Gasteiger partial charge in [0.15, 0.2) is 0 Å². The molecule has 0 unspecified atom stereocenters. The topological polar surface area (TPSA) is 104 Å². The van der Waals surface area contributed by atoms with Crippen molar-refractivity contribution in [3.8, 4) is 0 Å². The lowest BCUT2D eigenvalue weighted by Gasteiger charge is -2.31. The van der Waals surface area contributed by atoms with Crippen LogP contribution in [0.3, 0.4) is 0 Å². The van der Waals surface area contributed by atoms with Crippen molar-refractivity contribution in [1.29, 1.82) is 0 Å². The summed E-state index contributed by atoms with van der Waals surface area (Å²) in [6, 6.07) is 3.78. The zero-order valence-corrected chi connectivity index (χ0v) is 19.1. The Kier molecular flexibility index (Phi) is 8.03. The van der Waals surface area contributed by atoms with Crippen LogP contribution in [0.5, 0.6) is 0 Å². The molecule has 0 saturated carbocycles. The molecule has 2 amide bonds. The molecule has 0 atom stereocenters. The number of aromatic nitrogens is 2. The van der Waals surface area contributed by atoms with Crippen LogP contribution in [0.15, 0.2) is 24.5 Å². The molecule has 0 aromatic carbocycles. The average Bonchev–Trinajstić information content (AvgIpc) is 3.10. The number of hydrogen-bond donors (Lipinski definition) is 2. The standard InChI is InChI=1S/C24H32N4O4/c1-4-32-24(31)22-16(2)20(17(3)27-22)7-8-21(29)28-12-9-19(10-13-28)23(30)26-15-18-6-5-11-25-14-18/h5-6,11,14,19,27H,4,7-10,12-13,15H2,1-3H3,(H,26,30). The number of H-pyrrole nitrogens is 1. The summed E-state index contributed by atoms with van der Waals surface area (Å²) in [5.74, 6) is -0.325. The summed E-state index contributed by atoms with van der Waals surface area (Å²) >= 11 is 0. The molecular weight excluding hydrogens is 408 g/mol. The predicted octanol–water partition coefficient (Wildman–Crippen LogP) is 2.69. The number of amides is 2. The Balaban J connectivity index is 1.46. The molecule has 172 valence electrons. The van der Waals surface area contributed by atoms with Crippen molar-refractivity contribution >= 4 is 17.8 Å². The summed E-state index contributed by atoms with van der Waals surface area (Å²) < 4.78 is 5.09. The van der Waals surface area contributed by atoms with Crippen LogP contribution in [-0.4, -0.2) is 52.3 Å². The fourth-order valence-electron chi connectivity index (χ4n) is 4.19. The van der Waals surface area contributed by atoms with Crippen LogP contribution in [0, 0.1) is 19.8 Å². The van der Waals surface area contributed by atoms with Gasteiger partial charge in [-0.3, -0.25) is 14.6 Å². The van der Waals surface area contributed by atoms with E-state index in [0.29, 0.717) is 57.6 Å². The maximum absolute atomic E-state index is 12.7. The van der Waals surface area contributed by atoms with Gasteiger partial charge in [0, 0.05) is 50.1 Å². The van der Waals surface area contributed by atoms with Gasteiger partial charge < -0.3 is 19.9 Å². The number of aryl methyl sites for hydroxylation is 1. The third kappa shape index (κ3) is 5.75. The molecule has 0 bridgehead atoms. The van der Waals surface area contributed by atoms with Gasteiger partial charge in [0.25, 0.3) is 0 Å². The fraction of sp³-hybridized carbons (Fsp3) is 0.500. The molecule has 1 aliphatic heterocycles. The Hall–Kier alpha value is -3.16. The Morgan fingerprint density at radius 2 is 2.00 bits per heavy atom. The molecule has 1 aliphatic rings. The van der Waals surface area contributed by atoms with E-state index < -0.39 is 0 Å². The van der Waals surface area contributed by atoms with Gasteiger partial charge in [0.1, 0.15) is 5.69 Å². The molecule has 0 radical (unpaired) electrons. The molecule has 2 aromatic rings. The fourth-order valence-corrected chi connectivity index (χ4v) is 4.19. The second kappa shape index (κ2) is 10.9. The molecule has 3 rings (SSSR count). The lowest BCUT2D eigenvalue weighted by molar-refractivity contribution is -0.135. The average molecular weight is 441 g/mol. The van der Waals surface area contributed by atoms with Crippen molar-refractivity contribution in [3.05, 3.63) is 52.6 Å². The molecule has 2 N–H and O–H groups in total. The minimum atomic E-state index is -0.366. The first-order valence-corrected chi connectivity index (χ1v) is 11.2. The summed E-state index contributed by atoms with van der Waals surface area (Å²) in [7, 11) is 0. The molecule has 3 heterocycles. The van der Waals surface area contributed by atoms with Crippen LogP contribution < -0.4 is 5.32 Å². The largest absolute Gasteiger partial charge is 0.461 e. The van der Waals surface area contributed by atoms with E-state index >= 15 is 0 Å². The molecule has 32 heavy (non-hydrogen) atoms. The number of pyridine rings is 1. The van der Waals surface area contributed by atoms with Gasteiger partial charge in [-0.2, -0.15) is 0 Å². The van der Waals surface area contributed by atoms with E-state index in [1.807, 2.05) is 30.9 Å². The number of esters is 1. The van der Waals surface area contributed by atoms with Gasteiger partial charge in [0.2, 0.25) is 11.8 Å². The van der Waals surface area contributed by atoms with Crippen molar-refractivity contribution < 1.29 is 19.1 Å². The van der Waals surface area contributed by atoms with Gasteiger partial charge in [0.05, 0.1) is 6.61 Å². The maximum atomic E-state index is 12.7. The van der Waals surface area contributed by atoms with Crippen LogP contribution in [0.1, 0.15) is 59.1 Å². The zero-order chi connectivity index (χ0) is 23.1. The van der Waals surface area contributed by atoms with Crippen molar-refractivity contribution in [3.63, 3.8) is 0 Å². The van der Waals surface area contributed by atoms with Crippen molar-refractivity contribution in [1.82, 2.24) is 20.2 Å². The van der Waals surface area contributed by atoms with Gasteiger partial charge in [-0.05, 0) is 62.8 Å². The van der Waals surface area contributed by atoms with Crippen LogP contribution >= 0.6 is 0 Å². The minimum Gasteiger partial charge on any atom is -0.461 e. The highest BCUT2D eigenvalue weighted by atomic mass is 16.5. The van der Waals surface area contributed by atoms with Crippen LogP contribution in [0.4, 0.5) is 0 Å². The number of carbonyl (C=O) groups excluding carboxylic acids is 3. The van der Waals surface area contributed by atoms with Crippen LogP contribution in [0.25, 0.3) is 0 Å². The normalized spacial score (nSPS) is 14.3. The summed E-state index contributed by atoms with van der Waals surface area (Å²) in [5.41, 5.74) is 4.16. The Bertz CT molecular complexity index is 946. The third-order valence-electron chi connectivity index (χ3n) is 6.07. The van der Waals surface area contributed by atoms with E-state index in [4.69, 9.17) is 4.74 Å². The smallest absolute Gasteiger partial charge is 0.355 e. The number of ether oxygens (including phenoxy) is 1. The summed E-state index contributed by atoms with van der Waals surface area (Å²) in [6.07, 6.45) is 5.72. The second-order valence-corrected chi connectivity index (χ2v) is 8.18. The van der Waals surface area contributed by atoms with Crippen molar-refractivity contribution in [2.24, 2.45) is 5.92 Å². The number of rotatable bonds is 8. The SMILES string of the molecule is CCOC(=O)c1[nH]c(C)c(CCC(=O)N2CCC(C(=O)NCc3cccnc3)CC2)c1C. The van der Waals surface area contributed by atoms with Gasteiger partial charge >= 0.3 is 5.97 Å². The van der Waals surface area contributed by atoms with E-state index in [9.17, 15) is 14.4 Å². The number of aromatic amines is 1. The Morgan fingerprint density at radius 3 is 2.66 bits per heavy atom. The Morgan fingerprint density at radius 1 is 1.25 bits per heavy atom. The highest BCUT2D eigenvalue weighted by Gasteiger charge is 2.27. The lowest BCUT2D eigenvalue weighted by Crippen LogP contribution is -2.43. The number of nitrogens with zero attached hydrogens (tertiary/aromatic N) is 2. The number of piperidine rings is 1. The summed E-state index contributed by atoms with van der Waals surface area (Å²) in [6.45, 7) is 7.52. The zero-order valence-electron chi connectivity index (χ0n) is 19.1. The minimum absolute atomic E-state index is 0.0334. The number of hydrogen-bond acceptors (Lipinski definition) is 5. The third-order valence-corrected chi connectivity index (χ3v) is 6.07. The van der Waals surface area contributed by atoms with E-state index in [0.717, 1.165) is 22.4 Å². The van der Waals surface area contributed by atoms with E-state index in [1.165, 1.54) is 0 Å². The first-order chi connectivity index (χ1) is 15.4. The van der Waals surface area contributed by atoms with Crippen LogP contribution in [0.2, 0.25) is 0 Å². The van der Waals surface area contributed by atoms with Crippen LogP contribution in [-0.2, 0) is 27.3 Å². The van der Waals surface area contributed by atoms with E-state index in [2.05, 4.69) is 15.3 Å². The van der Waals surface area contributed by atoms with Crippen molar-refractivity contribution in [2.75, 3.05) is 19.7 Å².